The van der Waals surface area contributed by atoms with E-state index in [1.807, 2.05) is 20.2 Å². The molecule has 2 aromatic heterocycles. The van der Waals surface area contributed by atoms with Gasteiger partial charge < -0.3 is 4.98 Å². The molecule has 0 atom stereocenters. The monoisotopic (exact) mass is 244 g/mol. The summed E-state index contributed by atoms with van der Waals surface area (Å²) in [7, 11) is 1.88. The molecular formula is C13H13FN4. The van der Waals surface area contributed by atoms with E-state index in [1.165, 1.54) is 12.1 Å². The molecule has 2 heterocycles. The molecule has 3 aromatic rings. The summed E-state index contributed by atoms with van der Waals surface area (Å²) in [4.78, 5) is 7.61. The van der Waals surface area contributed by atoms with Crippen LogP contribution < -0.4 is 0 Å². The first-order valence-electron chi connectivity index (χ1n) is 5.85. The number of hydrogen-bond acceptors (Lipinski definition) is 2. The van der Waals surface area contributed by atoms with Gasteiger partial charge in [0.25, 0.3) is 0 Å². The molecule has 0 aliphatic rings. The van der Waals surface area contributed by atoms with E-state index < -0.39 is 0 Å². The third kappa shape index (κ3) is 1.68. The van der Waals surface area contributed by atoms with E-state index in [9.17, 15) is 4.39 Å². The second-order valence-electron chi connectivity index (χ2n) is 4.26. The van der Waals surface area contributed by atoms with Crippen molar-refractivity contribution in [3.05, 3.63) is 35.9 Å². The maximum absolute atomic E-state index is 13.1. The highest BCUT2D eigenvalue weighted by molar-refractivity contribution is 5.79. The molecule has 0 saturated carbocycles. The Balaban J connectivity index is 2.18. The standard InChI is InChI=1S/C13H13FN4/c1-3-10-9(7-18(2)17-10)13-15-11-5-4-8(14)6-12(11)16-13/h4-7H,3H2,1-2H3,(H,15,16). The van der Waals surface area contributed by atoms with Gasteiger partial charge in [-0.25, -0.2) is 9.37 Å². The van der Waals surface area contributed by atoms with Crippen LogP contribution >= 0.6 is 0 Å². The molecule has 0 spiro atoms. The largest absolute Gasteiger partial charge is 0.338 e. The summed E-state index contributed by atoms with van der Waals surface area (Å²) in [6.45, 7) is 2.05. The minimum atomic E-state index is -0.264. The molecule has 5 heteroatoms. The van der Waals surface area contributed by atoms with Crippen molar-refractivity contribution < 1.29 is 4.39 Å². The molecule has 0 saturated heterocycles. The summed E-state index contributed by atoms with van der Waals surface area (Å²) in [6, 6.07) is 4.54. The first-order valence-corrected chi connectivity index (χ1v) is 5.85. The van der Waals surface area contributed by atoms with Gasteiger partial charge in [0.2, 0.25) is 0 Å². The maximum Gasteiger partial charge on any atom is 0.141 e. The Morgan fingerprint density at radius 3 is 3.00 bits per heavy atom. The van der Waals surface area contributed by atoms with Crippen molar-refractivity contribution >= 4 is 11.0 Å². The number of aromatic amines is 1. The Labute approximate surface area is 103 Å². The average molecular weight is 244 g/mol. The lowest BCUT2D eigenvalue weighted by atomic mass is 10.2. The van der Waals surface area contributed by atoms with Gasteiger partial charge in [-0.05, 0) is 24.6 Å². The zero-order valence-electron chi connectivity index (χ0n) is 10.2. The number of imidazole rings is 1. The molecule has 1 aromatic carbocycles. The third-order valence-corrected chi connectivity index (χ3v) is 2.94. The predicted molar refractivity (Wildman–Crippen MR) is 67.6 cm³/mol. The van der Waals surface area contributed by atoms with Crippen molar-refractivity contribution in [2.24, 2.45) is 7.05 Å². The molecule has 0 amide bonds. The van der Waals surface area contributed by atoms with Gasteiger partial charge in [-0.3, -0.25) is 4.68 Å². The lowest BCUT2D eigenvalue weighted by Gasteiger charge is -1.93. The molecule has 0 aliphatic carbocycles. The smallest absolute Gasteiger partial charge is 0.141 e. The number of H-pyrrole nitrogens is 1. The number of benzene rings is 1. The van der Waals surface area contributed by atoms with Crippen molar-refractivity contribution in [2.75, 3.05) is 0 Å². The molecule has 18 heavy (non-hydrogen) atoms. The van der Waals surface area contributed by atoms with Crippen LogP contribution in [0, 0.1) is 5.82 Å². The molecule has 0 bridgehead atoms. The number of hydrogen-bond donors (Lipinski definition) is 1. The average Bonchev–Trinajstić information content (AvgIpc) is 2.91. The van der Waals surface area contributed by atoms with Crippen LogP contribution in [-0.4, -0.2) is 19.7 Å². The van der Waals surface area contributed by atoms with E-state index in [1.54, 1.807) is 10.7 Å². The number of nitrogens with zero attached hydrogens (tertiary/aromatic N) is 3. The maximum atomic E-state index is 13.1. The van der Waals surface area contributed by atoms with Gasteiger partial charge in [0.05, 0.1) is 22.3 Å². The van der Waals surface area contributed by atoms with Crippen molar-refractivity contribution in [3.8, 4) is 11.4 Å². The van der Waals surface area contributed by atoms with Crippen LogP contribution in [0.1, 0.15) is 12.6 Å². The van der Waals surface area contributed by atoms with Crippen molar-refractivity contribution in [1.82, 2.24) is 19.7 Å². The van der Waals surface area contributed by atoms with Crippen LogP contribution in [0.3, 0.4) is 0 Å². The molecule has 4 nitrogen and oxygen atoms in total. The van der Waals surface area contributed by atoms with Gasteiger partial charge >= 0.3 is 0 Å². The van der Waals surface area contributed by atoms with Gasteiger partial charge in [0.15, 0.2) is 0 Å². The Morgan fingerprint density at radius 2 is 2.22 bits per heavy atom. The third-order valence-electron chi connectivity index (χ3n) is 2.94. The molecule has 92 valence electrons. The van der Waals surface area contributed by atoms with Gasteiger partial charge in [-0.2, -0.15) is 5.10 Å². The topological polar surface area (TPSA) is 46.5 Å². The van der Waals surface area contributed by atoms with E-state index in [-0.39, 0.29) is 5.82 Å². The summed E-state index contributed by atoms with van der Waals surface area (Å²) >= 11 is 0. The zero-order chi connectivity index (χ0) is 12.7. The molecule has 3 rings (SSSR count). The molecule has 0 aliphatic heterocycles. The lowest BCUT2D eigenvalue weighted by Crippen LogP contribution is -1.89. The van der Waals surface area contributed by atoms with E-state index in [0.29, 0.717) is 5.52 Å². The molecule has 0 radical (unpaired) electrons. The molecule has 1 N–H and O–H groups in total. The van der Waals surface area contributed by atoms with E-state index in [2.05, 4.69) is 15.1 Å². The second-order valence-corrected chi connectivity index (χ2v) is 4.26. The molecule has 0 fully saturated rings. The first kappa shape index (κ1) is 11.0. The number of aromatic nitrogens is 4. The number of fused-ring (bicyclic) bond motifs is 1. The Morgan fingerprint density at radius 1 is 1.39 bits per heavy atom. The quantitative estimate of drug-likeness (QED) is 0.753. The number of nitrogens with one attached hydrogen (secondary N) is 1. The van der Waals surface area contributed by atoms with E-state index >= 15 is 0 Å². The fourth-order valence-corrected chi connectivity index (χ4v) is 2.10. The minimum absolute atomic E-state index is 0.264. The first-order chi connectivity index (χ1) is 8.67. The summed E-state index contributed by atoms with van der Waals surface area (Å²) in [5.41, 5.74) is 3.42. The fraction of sp³-hybridized carbons (Fsp3) is 0.231. The summed E-state index contributed by atoms with van der Waals surface area (Å²) in [5.74, 6) is 0.472. The van der Waals surface area contributed by atoms with Crippen LogP contribution in [0.2, 0.25) is 0 Å². The van der Waals surface area contributed by atoms with E-state index in [4.69, 9.17) is 0 Å². The Hall–Kier alpha value is -2.17. The fourth-order valence-electron chi connectivity index (χ4n) is 2.10. The van der Waals surface area contributed by atoms with Crippen LogP contribution in [0.15, 0.2) is 24.4 Å². The number of rotatable bonds is 2. The van der Waals surface area contributed by atoms with Crippen LogP contribution in [0.4, 0.5) is 4.39 Å². The van der Waals surface area contributed by atoms with Crippen LogP contribution in [-0.2, 0) is 13.5 Å². The Kier molecular flexibility index (Phi) is 2.40. The minimum Gasteiger partial charge on any atom is -0.338 e. The zero-order valence-corrected chi connectivity index (χ0v) is 10.2. The molecular weight excluding hydrogens is 231 g/mol. The van der Waals surface area contributed by atoms with Gasteiger partial charge in [-0.15, -0.1) is 0 Å². The van der Waals surface area contributed by atoms with Gasteiger partial charge in [0.1, 0.15) is 11.6 Å². The summed E-state index contributed by atoms with van der Waals surface area (Å²) in [6.07, 6.45) is 2.76. The normalized spacial score (nSPS) is 11.3. The lowest BCUT2D eigenvalue weighted by molar-refractivity contribution is 0.629. The van der Waals surface area contributed by atoms with Crippen molar-refractivity contribution in [2.45, 2.75) is 13.3 Å². The van der Waals surface area contributed by atoms with Gasteiger partial charge in [-0.1, -0.05) is 6.92 Å². The summed E-state index contributed by atoms with van der Waals surface area (Å²) in [5, 5.41) is 4.38. The van der Waals surface area contributed by atoms with Crippen LogP contribution in [0.5, 0.6) is 0 Å². The van der Waals surface area contributed by atoms with Gasteiger partial charge in [0, 0.05) is 13.2 Å². The SMILES string of the molecule is CCc1nn(C)cc1-c1nc2ccc(F)cc2[nH]1. The highest BCUT2D eigenvalue weighted by Gasteiger charge is 2.12. The highest BCUT2D eigenvalue weighted by atomic mass is 19.1. The number of aryl methyl sites for hydroxylation is 2. The highest BCUT2D eigenvalue weighted by Crippen LogP contribution is 2.23. The number of halogens is 1. The predicted octanol–water partition coefficient (Wildman–Crippen LogP) is 2.66. The van der Waals surface area contributed by atoms with E-state index in [0.717, 1.165) is 29.0 Å². The van der Waals surface area contributed by atoms with Crippen molar-refractivity contribution in [3.63, 3.8) is 0 Å². The Bertz CT molecular complexity index is 711. The van der Waals surface area contributed by atoms with Crippen molar-refractivity contribution in [1.29, 1.82) is 0 Å². The van der Waals surface area contributed by atoms with Crippen LogP contribution in [0.25, 0.3) is 22.4 Å². The summed E-state index contributed by atoms with van der Waals surface area (Å²) < 4.78 is 14.9. The molecule has 0 unspecified atom stereocenters. The second kappa shape index (κ2) is 3.94.